The van der Waals surface area contributed by atoms with Crippen molar-refractivity contribution in [2.24, 2.45) is 5.16 Å². The van der Waals surface area contributed by atoms with Gasteiger partial charge in [0.2, 0.25) is 0 Å². The van der Waals surface area contributed by atoms with Crippen molar-refractivity contribution in [2.75, 3.05) is 17.2 Å². The number of carboxylic acid groups (broad SMARTS) is 1. The first-order valence-electron chi connectivity index (χ1n) is 10.6. The molecule has 7 N–H and O–H groups in total. The number of thiazole rings is 2. The summed E-state index contributed by atoms with van der Waals surface area (Å²) in [6.45, 7) is 0.238. The maximum Gasteiger partial charge on any atom is 0.352 e. The molecule has 38 heavy (non-hydrogen) atoms. The molecule has 1 saturated heterocycles. The Morgan fingerprint density at radius 3 is 2.61 bits per heavy atom. The van der Waals surface area contributed by atoms with Gasteiger partial charge in [-0.2, -0.15) is 0 Å². The van der Waals surface area contributed by atoms with Gasteiger partial charge in [-0.25, -0.2) is 19.3 Å². The molecular weight excluding hydrogens is 576 g/mol. The highest BCUT2D eigenvalue weighted by Gasteiger charge is 2.54. The number of carboxylic acids is 1. The molecule has 2 aliphatic rings. The Kier molecular flexibility index (Phi) is 7.86. The summed E-state index contributed by atoms with van der Waals surface area (Å²) in [5, 5.41) is 28.0. The molecule has 198 valence electrons. The van der Waals surface area contributed by atoms with Gasteiger partial charge < -0.3 is 39.5 Å². The second kappa shape index (κ2) is 10.9. The molecule has 2 amide bonds. The number of thioether (sulfide) groups is 1. The van der Waals surface area contributed by atoms with Crippen LogP contribution >= 0.6 is 34.4 Å². The van der Waals surface area contributed by atoms with Crippen LogP contribution in [0.1, 0.15) is 5.69 Å². The second-order valence-corrected chi connectivity index (χ2v) is 10.9. The van der Waals surface area contributed by atoms with Gasteiger partial charge in [0, 0.05) is 28.2 Å². The lowest BCUT2D eigenvalue weighted by Crippen LogP contribution is -3.00. The van der Waals surface area contributed by atoms with Crippen LogP contribution in [0, 0.1) is 0 Å². The van der Waals surface area contributed by atoms with Crippen LogP contribution in [-0.4, -0.2) is 65.8 Å². The molecule has 13 nitrogen and oxygen atoms in total. The maximum atomic E-state index is 13.0. The molecule has 5 rings (SSSR count). The van der Waals surface area contributed by atoms with Gasteiger partial charge in [-0.1, -0.05) is 5.16 Å². The van der Waals surface area contributed by atoms with Crippen LogP contribution < -0.4 is 33.8 Å². The molecule has 0 aliphatic carbocycles. The number of hydrogen-bond acceptors (Lipinski definition) is 12. The zero-order valence-electron chi connectivity index (χ0n) is 19.1. The number of nitrogens with one attached hydrogen (secondary N) is 1. The van der Waals surface area contributed by atoms with Gasteiger partial charge in [0.15, 0.2) is 34.9 Å². The second-order valence-electron chi connectivity index (χ2n) is 7.97. The zero-order chi connectivity index (χ0) is 26.3. The average Bonchev–Trinajstić information content (AvgIpc) is 3.51. The van der Waals surface area contributed by atoms with Crippen LogP contribution in [0.3, 0.4) is 0 Å². The molecular formula is C21H19ClN8O5S3. The largest absolute Gasteiger partial charge is 1.00 e. The molecule has 2 aliphatic heterocycles. The van der Waals surface area contributed by atoms with Crippen LogP contribution in [0.4, 0.5) is 10.3 Å². The highest BCUT2D eigenvalue weighted by Crippen LogP contribution is 2.40. The summed E-state index contributed by atoms with van der Waals surface area (Å²) >= 11 is 3.72. The lowest BCUT2D eigenvalue weighted by molar-refractivity contribution is -0.688. The first-order chi connectivity index (χ1) is 17.8. The number of halogens is 1. The zero-order valence-corrected chi connectivity index (χ0v) is 22.4. The van der Waals surface area contributed by atoms with Crippen molar-refractivity contribution in [3.63, 3.8) is 0 Å². The number of nitrogens with two attached hydrogens (primary N) is 2. The minimum Gasteiger partial charge on any atom is -1.00 e. The number of aliphatic carboxylic acids is 1. The Hall–Kier alpha value is -3.73. The average molecular weight is 595 g/mol. The Balaban J connectivity index is 0.00000336. The molecule has 3 aromatic rings. The Bertz CT molecular complexity index is 1490. The van der Waals surface area contributed by atoms with Crippen molar-refractivity contribution in [3.8, 4) is 11.3 Å². The molecule has 2 atom stereocenters. The van der Waals surface area contributed by atoms with Crippen LogP contribution in [-0.2, 0) is 20.9 Å². The minimum absolute atomic E-state index is 0. The molecule has 0 spiro atoms. The number of anilines is 2. The number of carbonyl (C=O) groups is 3. The summed E-state index contributed by atoms with van der Waals surface area (Å²) in [6, 6.07) is 2.70. The fourth-order valence-electron chi connectivity index (χ4n) is 4.04. The number of oxime groups is 1. The number of pyridine rings is 1. The van der Waals surface area contributed by atoms with E-state index in [1.54, 1.807) is 6.20 Å². The smallest absolute Gasteiger partial charge is 0.352 e. The monoisotopic (exact) mass is 594 g/mol. The molecule has 0 unspecified atom stereocenters. The molecule has 0 saturated carbocycles. The molecule has 0 aromatic carbocycles. The van der Waals surface area contributed by atoms with Gasteiger partial charge in [-0.3, -0.25) is 14.5 Å². The summed E-state index contributed by atoms with van der Waals surface area (Å²) < 4.78 is 1.82. The predicted molar refractivity (Wildman–Crippen MR) is 137 cm³/mol. The third-order valence-electron chi connectivity index (χ3n) is 5.67. The lowest BCUT2D eigenvalue weighted by Gasteiger charge is -2.49. The van der Waals surface area contributed by atoms with Gasteiger partial charge in [0.1, 0.15) is 22.8 Å². The van der Waals surface area contributed by atoms with Gasteiger partial charge in [-0.05, 0) is 6.07 Å². The number of fused-ring (bicyclic) bond motifs is 1. The van der Waals surface area contributed by atoms with Crippen LogP contribution in [0.2, 0.25) is 0 Å². The topological polar surface area (TPSA) is 201 Å². The van der Waals surface area contributed by atoms with E-state index in [1.807, 2.05) is 28.3 Å². The first kappa shape index (κ1) is 27.3. The van der Waals surface area contributed by atoms with Gasteiger partial charge in [-0.15, -0.1) is 34.4 Å². The lowest BCUT2D eigenvalue weighted by atomic mass is 10.0. The normalized spacial score (nSPS) is 18.9. The van der Waals surface area contributed by atoms with Crippen LogP contribution in [0.15, 0.2) is 51.7 Å². The quantitative estimate of drug-likeness (QED) is 0.0632. The Labute approximate surface area is 233 Å². The van der Waals surface area contributed by atoms with Crippen molar-refractivity contribution >= 4 is 68.2 Å². The number of nitrogen functional groups attached to an aromatic ring is 2. The van der Waals surface area contributed by atoms with Crippen molar-refractivity contribution in [1.82, 2.24) is 20.2 Å². The number of β-lactam (4-membered cyclic amide) rings is 1. The fraction of sp³-hybridized carbons (Fsp3) is 0.190. The van der Waals surface area contributed by atoms with E-state index in [0.717, 1.165) is 16.9 Å². The van der Waals surface area contributed by atoms with E-state index in [9.17, 15) is 24.7 Å². The van der Waals surface area contributed by atoms with E-state index in [4.69, 9.17) is 11.5 Å². The highest BCUT2D eigenvalue weighted by molar-refractivity contribution is 8.00. The van der Waals surface area contributed by atoms with E-state index >= 15 is 0 Å². The van der Waals surface area contributed by atoms with E-state index in [-0.39, 0.29) is 35.5 Å². The molecule has 17 heteroatoms. The standard InChI is InChI=1S/C21H18N8O5S3.ClH/c22-20-24-11(7-36-20)9-2-1-3-28(4-9)5-10-6-35-18-14(17(31)29(18)15(10)19(32)33)26-16(30)13(27-34)12-8-37-21(23)25-12;/h1-4,7-8,14,18H,5-6H2,(H6-,22,23,24,25,26,30,32,33,34);1H/t14-,18-;/m1./s1. The molecule has 1 fully saturated rings. The predicted octanol–water partition coefficient (Wildman–Crippen LogP) is -2.66. The third-order valence-corrected chi connectivity index (χ3v) is 8.35. The third kappa shape index (κ3) is 5.02. The summed E-state index contributed by atoms with van der Waals surface area (Å²) in [5.41, 5.74) is 12.9. The van der Waals surface area contributed by atoms with Crippen molar-refractivity contribution in [1.29, 1.82) is 0 Å². The number of amides is 2. The van der Waals surface area contributed by atoms with Gasteiger partial charge in [0.05, 0.1) is 11.3 Å². The van der Waals surface area contributed by atoms with Crippen molar-refractivity contribution in [2.45, 2.75) is 18.0 Å². The van der Waals surface area contributed by atoms with Crippen LogP contribution in [0.5, 0.6) is 0 Å². The Morgan fingerprint density at radius 1 is 1.24 bits per heavy atom. The van der Waals surface area contributed by atoms with Crippen molar-refractivity contribution in [3.05, 3.63) is 52.3 Å². The number of hydrogen-bond donors (Lipinski definition) is 5. The summed E-state index contributed by atoms with van der Waals surface area (Å²) in [5.74, 6) is -2.31. The fourth-order valence-corrected chi connectivity index (χ4v) is 6.49. The maximum absolute atomic E-state index is 13.0. The van der Waals surface area contributed by atoms with E-state index < -0.39 is 34.9 Å². The molecule has 0 bridgehead atoms. The van der Waals surface area contributed by atoms with Gasteiger partial charge >= 0.3 is 5.97 Å². The number of nitrogens with zero attached hydrogens (tertiary/aromatic N) is 5. The molecule has 3 aromatic heterocycles. The number of aromatic nitrogens is 3. The molecule has 5 heterocycles. The van der Waals surface area contributed by atoms with E-state index in [0.29, 0.717) is 22.2 Å². The summed E-state index contributed by atoms with van der Waals surface area (Å²) in [7, 11) is 0. The number of rotatable bonds is 7. The van der Waals surface area contributed by atoms with Crippen LogP contribution in [0.25, 0.3) is 11.3 Å². The highest BCUT2D eigenvalue weighted by atomic mass is 35.5. The SMILES string of the molecule is Nc1nc(/C(=N/O)C(=O)N[C@@H]2C(=O)N3C(C(=O)O)=C(C[n+]4cccc(-c5csc(N)n5)c4)CS[C@H]23)cs1.[Cl-]. The summed E-state index contributed by atoms with van der Waals surface area (Å²) in [4.78, 5) is 47.2. The van der Waals surface area contributed by atoms with E-state index in [2.05, 4.69) is 20.4 Å². The first-order valence-corrected chi connectivity index (χ1v) is 13.4. The number of carbonyl (C=O) groups excluding carboxylic acids is 2. The minimum atomic E-state index is -1.24. The Morgan fingerprint density at radius 2 is 1.97 bits per heavy atom. The summed E-state index contributed by atoms with van der Waals surface area (Å²) in [6.07, 6.45) is 3.63. The van der Waals surface area contributed by atoms with Crippen molar-refractivity contribution < 1.29 is 41.7 Å². The molecule has 0 radical (unpaired) electrons. The van der Waals surface area contributed by atoms with E-state index in [1.165, 1.54) is 33.4 Å². The van der Waals surface area contributed by atoms with Gasteiger partial charge in [0.25, 0.3) is 11.8 Å².